The van der Waals surface area contributed by atoms with Crippen LogP contribution in [-0.2, 0) is 6.54 Å². The number of nitrogens with one attached hydrogen (secondary N) is 1. The monoisotopic (exact) mass is 364 g/mol. The van der Waals surface area contributed by atoms with E-state index in [1.165, 1.54) is 16.9 Å². The van der Waals surface area contributed by atoms with Crippen molar-refractivity contribution in [3.63, 3.8) is 0 Å². The lowest BCUT2D eigenvalue weighted by molar-refractivity contribution is 0.101. The van der Waals surface area contributed by atoms with Gasteiger partial charge in [-0.1, -0.05) is 41.1 Å². The lowest BCUT2D eigenvalue weighted by atomic mass is 10.1. The van der Waals surface area contributed by atoms with Crippen LogP contribution in [-0.4, -0.2) is 20.8 Å². The van der Waals surface area contributed by atoms with Crippen molar-refractivity contribution in [2.45, 2.75) is 13.5 Å². The van der Waals surface area contributed by atoms with Crippen LogP contribution in [0.1, 0.15) is 21.6 Å². The SMILES string of the molecule is Cc1ccc(Cn2nccc2NC(=O)c2cc(-c3cccs3)on2)cc1. The number of nitrogens with zero attached hydrogens (tertiary/aromatic N) is 3. The molecule has 0 saturated heterocycles. The lowest BCUT2D eigenvalue weighted by Gasteiger charge is -2.08. The highest BCUT2D eigenvalue weighted by Gasteiger charge is 2.16. The Morgan fingerprint density at radius 1 is 1.23 bits per heavy atom. The number of hydrogen-bond acceptors (Lipinski definition) is 5. The highest BCUT2D eigenvalue weighted by molar-refractivity contribution is 7.13. The van der Waals surface area contributed by atoms with Crippen LogP contribution < -0.4 is 5.32 Å². The Bertz CT molecular complexity index is 1020. The average molecular weight is 364 g/mol. The number of carbonyl (C=O) groups excluding carboxylic acids is 1. The molecular formula is C19H16N4O2S. The molecule has 0 aliphatic carbocycles. The highest BCUT2D eigenvalue weighted by atomic mass is 32.1. The molecule has 3 aromatic heterocycles. The molecule has 1 aromatic carbocycles. The number of hydrogen-bond donors (Lipinski definition) is 1. The van der Waals surface area contributed by atoms with Crippen molar-refractivity contribution in [2.75, 3.05) is 5.32 Å². The van der Waals surface area contributed by atoms with Crippen molar-refractivity contribution in [1.82, 2.24) is 14.9 Å². The maximum Gasteiger partial charge on any atom is 0.279 e. The summed E-state index contributed by atoms with van der Waals surface area (Å²) < 4.78 is 7.00. The Labute approximate surface area is 154 Å². The summed E-state index contributed by atoms with van der Waals surface area (Å²) in [6, 6.07) is 15.4. The van der Waals surface area contributed by atoms with E-state index in [0.717, 1.165) is 10.4 Å². The summed E-state index contributed by atoms with van der Waals surface area (Å²) in [6.07, 6.45) is 1.66. The van der Waals surface area contributed by atoms with E-state index in [4.69, 9.17) is 4.52 Å². The van der Waals surface area contributed by atoms with Crippen LogP contribution in [0.25, 0.3) is 10.6 Å². The average Bonchev–Trinajstić information content (AvgIpc) is 3.38. The standard InChI is InChI=1S/C19H16N4O2S/c1-13-4-6-14(7-5-13)12-23-18(8-9-20-23)21-19(24)15-11-16(25-22-15)17-3-2-10-26-17/h2-11H,12H2,1H3,(H,21,24). The van der Waals surface area contributed by atoms with Gasteiger partial charge in [-0.15, -0.1) is 11.3 Å². The summed E-state index contributed by atoms with van der Waals surface area (Å²) in [7, 11) is 0. The molecule has 0 spiro atoms. The van der Waals surface area contributed by atoms with Crippen LogP contribution in [0.3, 0.4) is 0 Å². The molecule has 0 unspecified atom stereocenters. The first-order valence-electron chi connectivity index (χ1n) is 8.08. The third-order valence-corrected chi connectivity index (χ3v) is 4.80. The van der Waals surface area contributed by atoms with Gasteiger partial charge in [-0.2, -0.15) is 5.10 Å². The van der Waals surface area contributed by atoms with Crippen LogP contribution in [0.15, 0.2) is 64.6 Å². The molecule has 7 heteroatoms. The maximum atomic E-state index is 12.5. The Kier molecular flexibility index (Phi) is 4.37. The number of aryl methyl sites for hydroxylation is 1. The topological polar surface area (TPSA) is 73.0 Å². The van der Waals surface area contributed by atoms with E-state index in [1.807, 2.05) is 36.6 Å². The van der Waals surface area contributed by atoms with Gasteiger partial charge in [0.05, 0.1) is 17.6 Å². The molecule has 1 amide bonds. The molecule has 1 N–H and O–H groups in total. The molecule has 0 fully saturated rings. The molecule has 0 saturated carbocycles. The fraction of sp³-hybridized carbons (Fsp3) is 0.105. The third-order valence-electron chi connectivity index (χ3n) is 3.92. The quantitative estimate of drug-likeness (QED) is 0.576. The number of anilines is 1. The zero-order chi connectivity index (χ0) is 17.9. The molecule has 6 nitrogen and oxygen atoms in total. The molecular weight excluding hydrogens is 348 g/mol. The van der Waals surface area contributed by atoms with E-state index in [2.05, 4.69) is 27.7 Å². The Hall–Kier alpha value is -3.19. The molecule has 4 rings (SSSR count). The van der Waals surface area contributed by atoms with Crippen molar-refractivity contribution < 1.29 is 9.32 Å². The fourth-order valence-corrected chi connectivity index (χ4v) is 3.20. The fourth-order valence-electron chi connectivity index (χ4n) is 2.53. The molecule has 0 radical (unpaired) electrons. The number of thiophene rings is 1. The second-order valence-corrected chi connectivity index (χ2v) is 6.82. The zero-order valence-corrected chi connectivity index (χ0v) is 14.9. The molecule has 4 aromatic rings. The van der Waals surface area contributed by atoms with E-state index in [-0.39, 0.29) is 11.6 Å². The summed E-state index contributed by atoms with van der Waals surface area (Å²) in [5.41, 5.74) is 2.54. The number of rotatable bonds is 5. The lowest BCUT2D eigenvalue weighted by Crippen LogP contribution is -2.16. The minimum absolute atomic E-state index is 0.233. The largest absolute Gasteiger partial charge is 0.355 e. The smallest absolute Gasteiger partial charge is 0.279 e. The maximum absolute atomic E-state index is 12.5. The molecule has 0 bridgehead atoms. The van der Waals surface area contributed by atoms with E-state index >= 15 is 0 Å². The van der Waals surface area contributed by atoms with Gasteiger partial charge in [0, 0.05) is 12.1 Å². The van der Waals surface area contributed by atoms with Gasteiger partial charge in [-0.3, -0.25) is 4.79 Å². The van der Waals surface area contributed by atoms with Crippen molar-refractivity contribution in [3.05, 3.63) is 76.9 Å². The molecule has 3 heterocycles. The van der Waals surface area contributed by atoms with Crippen molar-refractivity contribution in [2.24, 2.45) is 0 Å². The van der Waals surface area contributed by atoms with Gasteiger partial charge < -0.3 is 9.84 Å². The summed E-state index contributed by atoms with van der Waals surface area (Å²) >= 11 is 1.53. The number of aromatic nitrogens is 3. The van der Waals surface area contributed by atoms with Crippen LogP contribution in [0.5, 0.6) is 0 Å². The van der Waals surface area contributed by atoms with Gasteiger partial charge in [-0.25, -0.2) is 4.68 Å². The first kappa shape index (κ1) is 16.3. The molecule has 0 atom stereocenters. The summed E-state index contributed by atoms with van der Waals surface area (Å²) in [5, 5.41) is 12.9. The zero-order valence-electron chi connectivity index (χ0n) is 14.0. The van der Waals surface area contributed by atoms with Gasteiger partial charge in [0.15, 0.2) is 11.5 Å². The second kappa shape index (κ2) is 6.97. The van der Waals surface area contributed by atoms with Crippen LogP contribution in [0.2, 0.25) is 0 Å². The summed E-state index contributed by atoms with van der Waals surface area (Å²) in [4.78, 5) is 13.4. The van der Waals surface area contributed by atoms with Gasteiger partial charge in [0.1, 0.15) is 5.82 Å². The summed E-state index contributed by atoms with van der Waals surface area (Å²) in [6.45, 7) is 2.62. The van der Waals surface area contributed by atoms with Crippen molar-refractivity contribution in [3.8, 4) is 10.6 Å². The minimum Gasteiger partial charge on any atom is -0.355 e. The summed E-state index contributed by atoms with van der Waals surface area (Å²) in [5.74, 6) is 0.858. The molecule has 0 aliphatic heterocycles. The van der Waals surface area contributed by atoms with E-state index < -0.39 is 0 Å². The first-order valence-corrected chi connectivity index (χ1v) is 8.96. The number of benzene rings is 1. The van der Waals surface area contributed by atoms with Crippen LogP contribution in [0.4, 0.5) is 5.82 Å². The second-order valence-electron chi connectivity index (χ2n) is 5.87. The van der Waals surface area contributed by atoms with E-state index in [1.54, 1.807) is 23.0 Å². The predicted octanol–water partition coefficient (Wildman–Crippen LogP) is 4.21. The Balaban J connectivity index is 1.48. The molecule has 26 heavy (non-hydrogen) atoms. The van der Waals surface area contributed by atoms with Crippen LogP contribution >= 0.6 is 11.3 Å². The molecule has 130 valence electrons. The predicted molar refractivity (Wildman–Crippen MR) is 100 cm³/mol. The highest BCUT2D eigenvalue weighted by Crippen LogP contribution is 2.25. The van der Waals surface area contributed by atoms with Gasteiger partial charge in [-0.05, 0) is 23.9 Å². The van der Waals surface area contributed by atoms with E-state index in [9.17, 15) is 4.79 Å². The van der Waals surface area contributed by atoms with Crippen molar-refractivity contribution in [1.29, 1.82) is 0 Å². The molecule has 0 aliphatic rings. The first-order chi connectivity index (χ1) is 12.7. The normalized spacial score (nSPS) is 10.8. The Morgan fingerprint density at radius 3 is 2.85 bits per heavy atom. The van der Waals surface area contributed by atoms with Gasteiger partial charge in [0.25, 0.3) is 5.91 Å². The number of carbonyl (C=O) groups is 1. The van der Waals surface area contributed by atoms with Crippen molar-refractivity contribution >= 4 is 23.1 Å². The van der Waals surface area contributed by atoms with Gasteiger partial charge >= 0.3 is 0 Å². The van der Waals surface area contributed by atoms with Gasteiger partial charge in [0.2, 0.25) is 0 Å². The van der Waals surface area contributed by atoms with E-state index in [0.29, 0.717) is 18.1 Å². The van der Waals surface area contributed by atoms with Crippen LogP contribution in [0, 0.1) is 6.92 Å². The number of amides is 1. The minimum atomic E-state index is -0.331. The Morgan fingerprint density at radius 2 is 2.08 bits per heavy atom. The third kappa shape index (κ3) is 3.43.